The van der Waals surface area contributed by atoms with Crippen LogP contribution in [0.15, 0.2) is 18.2 Å². The van der Waals surface area contributed by atoms with Gasteiger partial charge in [-0.05, 0) is 38.5 Å². The van der Waals surface area contributed by atoms with Gasteiger partial charge in [0.15, 0.2) is 5.82 Å². The van der Waals surface area contributed by atoms with Crippen LogP contribution < -0.4 is 15.5 Å². The third kappa shape index (κ3) is 4.47. The topological polar surface area (TPSA) is 120 Å². The van der Waals surface area contributed by atoms with Crippen LogP contribution in [0.3, 0.4) is 0 Å². The fraction of sp³-hybridized carbons (Fsp3) is 0.478. The lowest BCUT2D eigenvalue weighted by molar-refractivity contribution is 0.0981. The Balaban J connectivity index is 1.77. The number of carboxylic acid groups (broad SMARTS) is 1. The first-order valence-corrected chi connectivity index (χ1v) is 11.4. The Labute approximate surface area is 197 Å². The summed E-state index contributed by atoms with van der Waals surface area (Å²) >= 11 is 0. The van der Waals surface area contributed by atoms with Crippen molar-refractivity contribution in [2.45, 2.75) is 45.8 Å². The number of hydrogen-bond acceptors (Lipinski definition) is 6. The Kier molecular flexibility index (Phi) is 6.82. The number of hydrogen-bond donors (Lipinski definition) is 3. The number of anilines is 2. The van der Waals surface area contributed by atoms with Gasteiger partial charge in [0.1, 0.15) is 11.6 Å². The molecule has 0 spiro atoms. The number of urea groups is 1. The van der Waals surface area contributed by atoms with E-state index in [9.17, 15) is 19.1 Å². The van der Waals surface area contributed by atoms with Crippen LogP contribution >= 0.6 is 0 Å². The highest BCUT2D eigenvalue weighted by Gasteiger charge is 2.39. The van der Waals surface area contributed by atoms with Gasteiger partial charge in [-0.1, -0.05) is 6.92 Å². The van der Waals surface area contributed by atoms with Crippen LogP contribution in [-0.2, 0) is 11.3 Å². The van der Waals surface area contributed by atoms with Crippen molar-refractivity contribution in [3.05, 3.63) is 35.3 Å². The summed E-state index contributed by atoms with van der Waals surface area (Å²) in [4.78, 5) is 36.6. The molecule has 2 atom stereocenters. The second-order valence-electron chi connectivity index (χ2n) is 8.36. The molecule has 2 unspecified atom stereocenters. The minimum atomic E-state index is -1.01. The van der Waals surface area contributed by atoms with Gasteiger partial charge < -0.3 is 25.4 Å². The molecule has 4 rings (SSSR count). The Hall–Kier alpha value is -3.47. The van der Waals surface area contributed by atoms with Crippen LogP contribution in [0, 0.1) is 5.82 Å². The maximum absolute atomic E-state index is 14.8. The number of carbonyl (C=O) groups excluding carboxylic acids is 1. The summed E-state index contributed by atoms with van der Waals surface area (Å²) in [7, 11) is 0. The van der Waals surface area contributed by atoms with Gasteiger partial charge in [0.2, 0.25) is 0 Å². The molecule has 3 heterocycles. The Bertz CT molecular complexity index is 1100. The van der Waals surface area contributed by atoms with E-state index in [0.717, 1.165) is 5.56 Å². The highest BCUT2D eigenvalue weighted by atomic mass is 19.1. The van der Waals surface area contributed by atoms with Gasteiger partial charge >= 0.3 is 12.1 Å². The summed E-state index contributed by atoms with van der Waals surface area (Å²) in [6.07, 6.45) is -0.429. The molecular weight excluding hydrogens is 443 g/mol. The number of fused-ring (bicyclic) bond motifs is 1. The first-order valence-electron chi connectivity index (χ1n) is 11.4. The van der Waals surface area contributed by atoms with E-state index in [4.69, 9.17) is 9.72 Å². The first-order chi connectivity index (χ1) is 16.3. The second-order valence-corrected chi connectivity index (χ2v) is 8.36. The van der Waals surface area contributed by atoms with Gasteiger partial charge in [0.25, 0.3) is 0 Å². The highest BCUT2D eigenvalue weighted by Crippen LogP contribution is 2.42. The molecule has 1 fully saturated rings. The minimum absolute atomic E-state index is 0.0392. The molecule has 0 radical (unpaired) electrons. The number of nitrogens with zero attached hydrogens (tertiary/aromatic N) is 4. The fourth-order valence-corrected chi connectivity index (χ4v) is 4.49. The van der Waals surface area contributed by atoms with Crippen molar-refractivity contribution in [3.8, 4) is 11.4 Å². The first kappa shape index (κ1) is 23.7. The molecule has 11 heteroatoms. The van der Waals surface area contributed by atoms with E-state index in [1.165, 1.54) is 17.0 Å². The summed E-state index contributed by atoms with van der Waals surface area (Å²) in [5.41, 5.74) is 1.90. The molecule has 1 saturated heterocycles. The molecule has 3 amide bonds. The Morgan fingerprint density at radius 3 is 2.74 bits per heavy atom. The van der Waals surface area contributed by atoms with Crippen molar-refractivity contribution in [2.24, 2.45) is 0 Å². The normalized spacial score (nSPS) is 19.6. The number of amides is 3. The SMILES string of the molecule is CCNC(=O)Nc1ccc(-c2nc3c(c(N4CCOCC4C)n2)C(CC)N(C(=O)O)C3)cc1F. The summed E-state index contributed by atoms with van der Waals surface area (Å²) in [5.74, 6) is 0.349. The summed E-state index contributed by atoms with van der Waals surface area (Å²) < 4.78 is 20.4. The number of morpholine rings is 1. The lowest BCUT2D eigenvalue weighted by atomic mass is 10.0. The molecule has 3 N–H and O–H groups in total. The number of rotatable bonds is 5. The smallest absolute Gasteiger partial charge is 0.408 e. The van der Waals surface area contributed by atoms with E-state index in [1.54, 1.807) is 13.0 Å². The fourth-order valence-electron chi connectivity index (χ4n) is 4.49. The lowest BCUT2D eigenvalue weighted by Gasteiger charge is -2.36. The van der Waals surface area contributed by atoms with Crippen LogP contribution in [0.4, 0.5) is 25.5 Å². The van der Waals surface area contributed by atoms with E-state index in [2.05, 4.69) is 20.5 Å². The molecular formula is C23H29FN6O4. The number of benzene rings is 1. The van der Waals surface area contributed by atoms with E-state index >= 15 is 0 Å². The van der Waals surface area contributed by atoms with Crippen molar-refractivity contribution < 1.29 is 23.8 Å². The standard InChI is InChI=1S/C23H29FN6O4/c1-4-18-19-17(11-30(18)23(32)33)26-20(28-21(19)29-8-9-34-12-13(29)3)14-6-7-16(15(24)10-14)27-22(31)25-5-2/h6-7,10,13,18H,4-5,8-9,11-12H2,1-3H3,(H,32,33)(H2,25,27,31). The second kappa shape index (κ2) is 9.80. The molecule has 10 nitrogen and oxygen atoms in total. The zero-order valence-electron chi connectivity index (χ0n) is 19.5. The van der Waals surface area contributed by atoms with E-state index in [-0.39, 0.29) is 24.3 Å². The average molecular weight is 473 g/mol. The number of halogens is 1. The van der Waals surface area contributed by atoms with Crippen molar-refractivity contribution in [1.29, 1.82) is 0 Å². The van der Waals surface area contributed by atoms with Crippen molar-refractivity contribution in [3.63, 3.8) is 0 Å². The number of carbonyl (C=O) groups is 2. The average Bonchev–Trinajstić information content (AvgIpc) is 3.19. The summed E-state index contributed by atoms with van der Waals surface area (Å²) in [6.45, 7) is 7.97. The Morgan fingerprint density at radius 1 is 1.29 bits per heavy atom. The van der Waals surface area contributed by atoms with Gasteiger partial charge in [0.05, 0.1) is 43.2 Å². The zero-order chi connectivity index (χ0) is 24.4. The molecule has 0 bridgehead atoms. The van der Waals surface area contributed by atoms with Crippen LogP contribution in [-0.4, -0.2) is 64.4 Å². The third-order valence-corrected chi connectivity index (χ3v) is 6.12. The van der Waals surface area contributed by atoms with E-state index in [1.807, 2.05) is 13.8 Å². The van der Waals surface area contributed by atoms with Crippen molar-refractivity contribution >= 4 is 23.6 Å². The lowest BCUT2D eigenvalue weighted by Crippen LogP contribution is -2.45. The van der Waals surface area contributed by atoms with Gasteiger partial charge in [-0.3, -0.25) is 4.90 Å². The predicted molar refractivity (Wildman–Crippen MR) is 124 cm³/mol. The number of ether oxygens (including phenoxy) is 1. The quantitative estimate of drug-likeness (QED) is 0.608. The number of nitrogens with one attached hydrogen (secondary N) is 2. The van der Waals surface area contributed by atoms with Crippen LogP contribution in [0.5, 0.6) is 0 Å². The molecule has 0 aliphatic carbocycles. The van der Waals surface area contributed by atoms with Gasteiger partial charge in [-0.25, -0.2) is 23.9 Å². The molecule has 182 valence electrons. The molecule has 2 aliphatic heterocycles. The summed E-state index contributed by atoms with van der Waals surface area (Å²) in [5, 5.41) is 14.8. The Morgan fingerprint density at radius 2 is 2.09 bits per heavy atom. The van der Waals surface area contributed by atoms with E-state index < -0.39 is 17.9 Å². The predicted octanol–water partition coefficient (Wildman–Crippen LogP) is 3.59. The van der Waals surface area contributed by atoms with Crippen LogP contribution in [0.2, 0.25) is 0 Å². The number of aromatic nitrogens is 2. The van der Waals surface area contributed by atoms with Crippen molar-refractivity contribution in [2.75, 3.05) is 36.5 Å². The van der Waals surface area contributed by atoms with E-state index in [0.29, 0.717) is 55.6 Å². The molecule has 0 saturated carbocycles. The van der Waals surface area contributed by atoms with Gasteiger partial charge in [0, 0.05) is 24.2 Å². The van der Waals surface area contributed by atoms with Crippen LogP contribution in [0.1, 0.15) is 44.5 Å². The molecule has 34 heavy (non-hydrogen) atoms. The van der Waals surface area contributed by atoms with Crippen molar-refractivity contribution in [1.82, 2.24) is 20.2 Å². The molecule has 1 aromatic heterocycles. The maximum Gasteiger partial charge on any atom is 0.408 e. The zero-order valence-corrected chi connectivity index (χ0v) is 19.5. The molecule has 1 aromatic carbocycles. The highest BCUT2D eigenvalue weighted by molar-refractivity contribution is 5.89. The molecule has 2 aliphatic rings. The third-order valence-electron chi connectivity index (χ3n) is 6.12. The van der Waals surface area contributed by atoms with Gasteiger partial charge in [-0.2, -0.15) is 0 Å². The van der Waals surface area contributed by atoms with Crippen LogP contribution in [0.25, 0.3) is 11.4 Å². The molecule has 2 aromatic rings. The van der Waals surface area contributed by atoms with Gasteiger partial charge in [-0.15, -0.1) is 0 Å². The monoisotopic (exact) mass is 472 g/mol. The maximum atomic E-state index is 14.8. The summed E-state index contributed by atoms with van der Waals surface area (Å²) in [6, 6.07) is 3.57. The largest absolute Gasteiger partial charge is 0.465 e. The minimum Gasteiger partial charge on any atom is -0.465 e.